The molecule has 0 spiro atoms. The first-order chi connectivity index (χ1) is 14.8. The molecule has 0 saturated carbocycles. The molecule has 10 heteroatoms. The van der Waals surface area contributed by atoms with Gasteiger partial charge in [0.2, 0.25) is 5.91 Å². The van der Waals surface area contributed by atoms with Gasteiger partial charge < -0.3 is 14.8 Å². The largest absolute Gasteiger partial charge is 0.497 e. The van der Waals surface area contributed by atoms with Crippen LogP contribution in [0.15, 0.2) is 24.3 Å². The zero-order valence-corrected chi connectivity index (χ0v) is 17.8. The number of nitrogens with zero attached hydrogens (tertiary/aromatic N) is 3. The number of methoxy groups -OCH3 is 2. The third kappa shape index (κ3) is 5.39. The molecule has 8 nitrogen and oxygen atoms in total. The molecule has 0 fully saturated rings. The number of aromatic amines is 1. The van der Waals surface area contributed by atoms with Gasteiger partial charge in [0.25, 0.3) is 0 Å². The average Bonchev–Trinajstić information content (AvgIpc) is 3.31. The highest BCUT2D eigenvalue weighted by Gasteiger charge is 2.19. The minimum Gasteiger partial charge on any atom is -0.497 e. The number of amides is 1. The topological polar surface area (TPSA) is 94.1 Å². The number of carbonyl (C=O) groups excluding carboxylic acids is 1. The van der Waals surface area contributed by atoms with Crippen molar-refractivity contribution in [3.05, 3.63) is 52.5 Å². The maximum Gasteiger partial charge on any atom is 0.333 e. The van der Waals surface area contributed by atoms with E-state index < -0.39 is 6.55 Å². The summed E-state index contributed by atoms with van der Waals surface area (Å²) in [6.07, 6.45) is 1.32. The van der Waals surface area contributed by atoms with Gasteiger partial charge in [0.05, 0.1) is 26.3 Å². The van der Waals surface area contributed by atoms with Crippen molar-refractivity contribution in [3.63, 3.8) is 0 Å². The molecule has 2 heterocycles. The number of rotatable bonds is 9. The van der Waals surface area contributed by atoms with Crippen LogP contribution in [0.3, 0.4) is 0 Å². The number of hydrogen-bond donors (Lipinski definition) is 2. The SMILES string of the molecule is COc1cc(CCc2cc(NC(=O)Cc3c(C)nn(C(F)F)c3C)n[nH]2)cc(OC)c1. The smallest absolute Gasteiger partial charge is 0.333 e. The Balaban J connectivity index is 1.60. The molecule has 0 saturated heterocycles. The third-order valence-electron chi connectivity index (χ3n) is 4.99. The number of H-pyrrole nitrogens is 1. The molecule has 2 N–H and O–H groups in total. The molecular weight excluding hydrogens is 408 g/mol. The summed E-state index contributed by atoms with van der Waals surface area (Å²) in [7, 11) is 3.20. The fourth-order valence-corrected chi connectivity index (χ4v) is 3.33. The molecule has 3 aromatic rings. The Hall–Kier alpha value is -3.43. The van der Waals surface area contributed by atoms with E-state index in [0.29, 0.717) is 46.1 Å². The van der Waals surface area contributed by atoms with Crippen LogP contribution in [0.5, 0.6) is 11.5 Å². The van der Waals surface area contributed by atoms with Crippen LogP contribution in [0, 0.1) is 13.8 Å². The second-order valence-electron chi connectivity index (χ2n) is 7.10. The summed E-state index contributed by atoms with van der Waals surface area (Å²) in [5.74, 6) is 1.45. The lowest BCUT2D eigenvalue weighted by atomic mass is 10.1. The van der Waals surface area contributed by atoms with Gasteiger partial charge in [-0.2, -0.15) is 19.0 Å². The number of hydrogen-bond acceptors (Lipinski definition) is 5. The Labute approximate surface area is 178 Å². The fraction of sp³-hybridized carbons (Fsp3) is 0.381. The molecule has 0 aliphatic rings. The highest BCUT2D eigenvalue weighted by molar-refractivity contribution is 5.91. The number of aromatic nitrogens is 4. The highest BCUT2D eigenvalue weighted by atomic mass is 19.3. The first-order valence-electron chi connectivity index (χ1n) is 9.69. The molecule has 1 aromatic carbocycles. The van der Waals surface area contributed by atoms with Crippen molar-refractivity contribution in [2.24, 2.45) is 0 Å². The van der Waals surface area contributed by atoms with Crippen molar-refractivity contribution in [2.75, 3.05) is 19.5 Å². The second-order valence-corrected chi connectivity index (χ2v) is 7.10. The Morgan fingerprint density at radius 3 is 2.39 bits per heavy atom. The van der Waals surface area contributed by atoms with Crippen molar-refractivity contribution in [1.29, 1.82) is 0 Å². The normalized spacial score (nSPS) is 11.1. The van der Waals surface area contributed by atoms with Crippen LogP contribution >= 0.6 is 0 Å². The van der Waals surface area contributed by atoms with Crippen LogP contribution in [0.2, 0.25) is 0 Å². The van der Waals surface area contributed by atoms with Gasteiger partial charge in [0.15, 0.2) is 5.82 Å². The van der Waals surface area contributed by atoms with Gasteiger partial charge >= 0.3 is 6.55 Å². The number of aryl methyl sites for hydroxylation is 3. The molecule has 1 amide bonds. The van der Waals surface area contributed by atoms with Gasteiger partial charge in [-0.3, -0.25) is 9.89 Å². The summed E-state index contributed by atoms with van der Waals surface area (Å²) in [6.45, 7) is 0.387. The first-order valence-corrected chi connectivity index (χ1v) is 9.69. The zero-order valence-electron chi connectivity index (χ0n) is 17.8. The van der Waals surface area contributed by atoms with Crippen LogP contribution in [0.4, 0.5) is 14.6 Å². The molecule has 0 aliphatic heterocycles. The van der Waals surface area contributed by atoms with Gasteiger partial charge in [-0.1, -0.05) is 0 Å². The maximum atomic E-state index is 13.0. The van der Waals surface area contributed by atoms with Gasteiger partial charge in [0.1, 0.15) is 11.5 Å². The minimum atomic E-state index is -2.74. The highest BCUT2D eigenvalue weighted by Crippen LogP contribution is 2.24. The van der Waals surface area contributed by atoms with E-state index in [-0.39, 0.29) is 18.0 Å². The van der Waals surface area contributed by atoms with Gasteiger partial charge in [-0.05, 0) is 44.4 Å². The van der Waals surface area contributed by atoms with Crippen molar-refractivity contribution in [2.45, 2.75) is 39.7 Å². The van der Waals surface area contributed by atoms with Crippen LogP contribution in [-0.2, 0) is 24.1 Å². The maximum absolute atomic E-state index is 13.0. The lowest BCUT2D eigenvalue weighted by molar-refractivity contribution is -0.115. The monoisotopic (exact) mass is 433 g/mol. The van der Waals surface area contributed by atoms with Gasteiger partial charge in [-0.15, -0.1) is 0 Å². The lowest BCUT2D eigenvalue weighted by Gasteiger charge is -2.08. The van der Waals surface area contributed by atoms with E-state index in [0.717, 1.165) is 11.3 Å². The van der Waals surface area contributed by atoms with Crippen molar-refractivity contribution < 1.29 is 23.0 Å². The molecule has 3 rings (SSSR count). The van der Waals surface area contributed by atoms with E-state index in [4.69, 9.17) is 9.47 Å². The van der Waals surface area contributed by atoms with Crippen LogP contribution in [-0.4, -0.2) is 40.1 Å². The Morgan fingerprint density at radius 2 is 1.81 bits per heavy atom. The number of ether oxygens (including phenoxy) is 2. The fourth-order valence-electron chi connectivity index (χ4n) is 3.33. The number of halogens is 2. The van der Waals surface area contributed by atoms with E-state index in [1.807, 2.05) is 18.2 Å². The molecule has 166 valence electrons. The van der Waals surface area contributed by atoms with E-state index in [1.165, 1.54) is 6.92 Å². The molecule has 31 heavy (non-hydrogen) atoms. The molecule has 0 aliphatic carbocycles. The summed E-state index contributed by atoms with van der Waals surface area (Å²) < 4.78 is 37.1. The van der Waals surface area contributed by atoms with E-state index >= 15 is 0 Å². The summed E-state index contributed by atoms with van der Waals surface area (Å²) >= 11 is 0. The van der Waals surface area contributed by atoms with Gasteiger partial charge in [0, 0.05) is 29.1 Å². The Morgan fingerprint density at radius 1 is 1.13 bits per heavy atom. The summed E-state index contributed by atoms with van der Waals surface area (Å²) in [5, 5.41) is 13.5. The van der Waals surface area contributed by atoms with Crippen LogP contribution in [0.25, 0.3) is 0 Å². The Kier molecular flexibility index (Phi) is 6.88. The molecule has 2 aromatic heterocycles. The number of alkyl halides is 2. The van der Waals surface area contributed by atoms with Crippen molar-refractivity contribution in [3.8, 4) is 11.5 Å². The molecule has 0 atom stereocenters. The van der Waals surface area contributed by atoms with E-state index in [2.05, 4.69) is 20.6 Å². The summed E-state index contributed by atoms with van der Waals surface area (Å²) in [4.78, 5) is 12.4. The molecule has 0 radical (unpaired) electrons. The minimum absolute atomic E-state index is 0.0593. The summed E-state index contributed by atoms with van der Waals surface area (Å²) in [6, 6.07) is 7.43. The molecule has 0 unspecified atom stereocenters. The van der Waals surface area contributed by atoms with Crippen molar-refractivity contribution in [1.82, 2.24) is 20.0 Å². The van der Waals surface area contributed by atoms with Crippen molar-refractivity contribution >= 4 is 11.7 Å². The lowest BCUT2D eigenvalue weighted by Crippen LogP contribution is -2.15. The van der Waals surface area contributed by atoms with E-state index in [1.54, 1.807) is 27.2 Å². The average molecular weight is 433 g/mol. The molecular formula is C21H25F2N5O3. The predicted molar refractivity (Wildman–Crippen MR) is 111 cm³/mol. The number of carbonyl (C=O) groups is 1. The third-order valence-corrected chi connectivity index (χ3v) is 4.99. The van der Waals surface area contributed by atoms with E-state index in [9.17, 15) is 13.6 Å². The second kappa shape index (κ2) is 9.59. The Bertz CT molecular complexity index is 1040. The number of benzene rings is 1. The zero-order chi connectivity index (χ0) is 22.5. The van der Waals surface area contributed by atoms with Crippen LogP contribution < -0.4 is 14.8 Å². The number of anilines is 1. The summed E-state index contributed by atoms with van der Waals surface area (Å²) in [5.41, 5.74) is 3.05. The quantitative estimate of drug-likeness (QED) is 0.538. The molecule has 0 bridgehead atoms. The standard InChI is InChI=1S/C21H25F2N5O3/c1-12-18(13(2)28(27-12)21(22)23)11-20(29)24-19-9-15(25-26-19)6-5-14-7-16(30-3)10-17(8-14)31-4/h7-10,21H,5-6,11H2,1-4H3,(H2,24,25,26,29). The number of nitrogens with one attached hydrogen (secondary N) is 2. The van der Waals surface area contributed by atoms with Crippen LogP contribution in [0.1, 0.15) is 34.8 Å². The predicted octanol–water partition coefficient (Wildman–Crippen LogP) is 3.60. The van der Waals surface area contributed by atoms with Gasteiger partial charge in [-0.25, -0.2) is 4.68 Å². The first kappa shape index (κ1) is 22.3.